The maximum absolute atomic E-state index is 12.4. The Morgan fingerprint density at radius 3 is 1.73 bits per heavy atom. The maximum atomic E-state index is 12.4. The summed E-state index contributed by atoms with van der Waals surface area (Å²) in [5.41, 5.74) is 5.35. The zero-order valence-corrected chi connectivity index (χ0v) is 19.1. The Morgan fingerprint density at radius 1 is 0.800 bits per heavy atom. The topological polar surface area (TPSA) is 163 Å². The van der Waals surface area contributed by atoms with Gasteiger partial charge in [-0.3, -0.25) is 24.5 Å². The smallest absolute Gasteiger partial charge is 0.242 e. The first-order valence-electron chi connectivity index (χ1n) is 10.4. The minimum absolute atomic E-state index is 0.150. The van der Waals surface area contributed by atoms with Gasteiger partial charge in [0, 0.05) is 6.92 Å². The van der Waals surface area contributed by atoms with Crippen molar-refractivity contribution in [3.63, 3.8) is 0 Å². The summed E-state index contributed by atoms with van der Waals surface area (Å²) in [6.07, 6.45) is -0.374. The highest BCUT2D eigenvalue weighted by Crippen LogP contribution is 2.09. The number of aliphatic hydroxyl groups excluding tert-OH is 1. The number of rotatable bonds is 13. The molecule has 0 aromatic carbocycles. The minimum atomic E-state index is -1.22. The van der Waals surface area contributed by atoms with E-state index in [0.717, 1.165) is 0 Å². The Kier molecular flexibility index (Phi) is 12.2. The molecule has 0 rings (SSSR count). The van der Waals surface area contributed by atoms with E-state index in [-0.39, 0.29) is 17.7 Å². The highest BCUT2D eigenvalue weighted by Gasteiger charge is 2.29. The molecule has 30 heavy (non-hydrogen) atoms. The van der Waals surface area contributed by atoms with Crippen molar-refractivity contribution in [2.24, 2.45) is 17.6 Å². The first-order chi connectivity index (χ1) is 13.7. The molecule has 10 nitrogen and oxygen atoms in total. The fraction of sp³-hybridized carbons (Fsp3) is 0.800. The Hall–Kier alpha value is -2.20. The van der Waals surface area contributed by atoms with Crippen LogP contribution in [0.25, 0.3) is 0 Å². The molecular formula is C20H39N5O5. The molecule has 174 valence electrons. The normalized spacial score (nSPS) is 16.3. The molecule has 0 saturated heterocycles. The van der Waals surface area contributed by atoms with E-state index in [0.29, 0.717) is 12.8 Å². The second-order valence-corrected chi connectivity index (χ2v) is 8.59. The molecule has 0 heterocycles. The molecule has 4 amide bonds. The Bertz CT molecular complexity index is 596. The maximum Gasteiger partial charge on any atom is 0.242 e. The van der Waals surface area contributed by atoms with E-state index in [2.05, 4.69) is 21.3 Å². The molecule has 0 bridgehead atoms. The largest absolute Gasteiger partial charge is 0.376 e. The third kappa shape index (κ3) is 11.1. The lowest BCUT2D eigenvalue weighted by molar-refractivity contribution is -0.130. The zero-order chi connectivity index (χ0) is 23.6. The van der Waals surface area contributed by atoms with Gasteiger partial charge in [-0.1, -0.05) is 27.7 Å². The number of nitrogens with two attached hydrogens (primary N) is 1. The summed E-state index contributed by atoms with van der Waals surface area (Å²) in [5, 5.41) is 21.1. The number of aliphatic hydroxyl groups is 1. The third-order valence-electron chi connectivity index (χ3n) is 4.43. The van der Waals surface area contributed by atoms with Gasteiger partial charge in [-0.15, -0.1) is 0 Å². The van der Waals surface area contributed by atoms with Crippen molar-refractivity contribution in [2.45, 2.75) is 91.7 Å². The molecule has 0 aliphatic carbocycles. The van der Waals surface area contributed by atoms with Crippen molar-refractivity contribution >= 4 is 23.6 Å². The number of primary amides is 1. The Balaban J connectivity index is 5.05. The van der Waals surface area contributed by atoms with E-state index < -0.39 is 48.1 Å². The molecule has 1 unspecified atom stereocenters. The monoisotopic (exact) mass is 429 g/mol. The summed E-state index contributed by atoms with van der Waals surface area (Å²) >= 11 is 0. The fourth-order valence-electron chi connectivity index (χ4n) is 2.92. The van der Waals surface area contributed by atoms with Crippen LogP contribution in [-0.4, -0.2) is 59.1 Å². The van der Waals surface area contributed by atoms with E-state index in [9.17, 15) is 24.3 Å². The van der Waals surface area contributed by atoms with E-state index >= 15 is 0 Å². The Labute approximate surface area is 179 Å². The first kappa shape index (κ1) is 27.8. The molecule has 5 atom stereocenters. The quantitative estimate of drug-likeness (QED) is 0.213. The van der Waals surface area contributed by atoms with Crippen LogP contribution in [0.15, 0.2) is 0 Å². The molecular weight excluding hydrogens is 390 g/mol. The van der Waals surface area contributed by atoms with Gasteiger partial charge in [0.1, 0.15) is 18.3 Å². The molecule has 0 saturated carbocycles. The summed E-state index contributed by atoms with van der Waals surface area (Å²) in [6.45, 7) is 12.1. The van der Waals surface area contributed by atoms with Crippen LogP contribution in [0, 0.1) is 11.8 Å². The molecule has 0 radical (unpaired) electrons. The van der Waals surface area contributed by atoms with Crippen molar-refractivity contribution in [3.05, 3.63) is 0 Å². The number of hydrogen-bond donors (Lipinski definition) is 6. The van der Waals surface area contributed by atoms with Crippen LogP contribution < -0.4 is 27.0 Å². The highest BCUT2D eigenvalue weighted by atomic mass is 16.3. The van der Waals surface area contributed by atoms with E-state index in [4.69, 9.17) is 5.73 Å². The minimum Gasteiger partial charge on any atom is -0.376 e. The van der Waals surface area contributed by atoms with Gasteiger partial charge in [0.25, 0.3) is 0 Å². The van der Waals surface area contributed by atoms with Gasteiger partial charge in [0.15, 0.2) is 0 Å². The number of carbonyl (C=O) groups is 4. The van der Waals surface area contributed by atoms with Crippen LogP contribution >= 0.6 is 0 Å². The van der Waals surface area contributed by atoms with Gasteiger partial charge in [0.05, 0.1) is 12.1 Å². The van der Waals surface area contributed by atoms with Gasteiger partial charge in [-0.05, 0) is 38.5 Å². The van der Waals surface area contributed by atoms with Gasteiger partial charge >= 0.3 is 0 Å². The van der Waals surface area contributed by atoms with Crippen LogP contribution in [0.5, 0.6) is 0 Å². The zero-order valence-electron chi connectivity index (χ0n) is 19.1. The molecule has 0 aliphatic rings. The second kappa shape index (κ2) is 13.2. The van der Waals surface area contributed by atoms with Crippen LogP contribution in [-0.2, 0) is 19.2 Å². The second-order valence-electron chi connectivity index (χ2n) is 8.59. The van der Waals surface area contributed by atoms with Crippen LogP contribution in [0.2, 0.25) is 0 Å². The van der Waals surface area contributed by atoms with Crippen LogP contribution in [0.1, 0.15) is 61.3 Å². The molecule has 7 N–H and O–H groups in total. The number of amides is 4. The van der Waals surface area contributed by atoms with Crippen LogP contribution in [0.3, 0.4) is 0 Å². The fourth-order valence-corrected chi connectivity index (χ4v) is 2.92. The molecule has 0 aromatic rings. The summed E-state index contributed by atoms with van der Waals surface area (Å²) in [6, 6.07) is -3.10. The standard InChI is InChI=1S/C20H39N5O5/c1-10(2)8-15(17(21)27)24-19(29)13(6)23-20(30)16(9-11(3)4)25-18(28)12(5)22-14(7)26/h10-13,15-16,20,23,30H,8-9H2,1-7H3,(H2,21,27)(H,22,26)(H,24,29)(H,25,28)/t12-,13-,15-,16-,20?/m0/s1. The van der Waals surface area contributed by atoms with Gasteiger partial charge in [-0.25, -0.2) is 0 Å². The van der Waals surface area contributed by atoms with Crippen LogP contribution in [0.4, 0.5) is 0 Å². The lowest BCUT2D eigenvalue weighted by atomic mass is 10.0. The van der Waals surface area contributed by atoms with Crippen molar-refractivity contribution in [1.82, 2.24) is 21.3 Å². The molecule has 0 spiro atoms. The SMILES string of the molecule is CC(=O)N[C@@H](C)C(=O)N[C@@H](CC(C)C)C(O)N[C@@H](C)C(=O)N[C@@H](CC(C)C)C(N)=O. The number of nitrogens with one attached hydrogen (secondary N) is 4. The van der Waals surface area contributed by atoms with E-state index in [1.165, 1.54) is 13.8 Å². The predicted molar refractivity (Wildman–Crippen MR) is 114 cm³/mol. The summed E-state index contributed by atoms with van der Waals surface area (Å²) in [4.78, 5) is 47.5. The lowest BCUT2D eigenvalue weighted by Gasteiger charge is -2.30. The molecule has 0 aromatic heterocycles. The average molecular weight is 430 g/mol. The summed E-state index contributed by atoms with van der Waals surface area (Å²) in [7, 11) is 0. The summed E-state index contributed by atoms with van der Waals surface area (Å²) in [5.74, 6) is -1.58. The highest BCUT2D eigenvalue weighted by molar-refractivity contribution is 5.89. The number of carbonyl (C=O) groups excluding carboxylic acids is 4. The van der Waals surface area contributed by atoms with Crippen molar-refractivity contribution < 1.29 is 24.3 Å². The molecule has 0 fully saturated rings. The van der Waals surface area contributed by atoms with Crippen molar-refractivity contribution in [3.8, 4) is 0 Å². The van der Waals surface area contributed by atoms with Gasteiger partial charge < -0.3 is 26.8 Å². The van der Waals surface area contributed by atoms with Gasteiger partial charge in [0.2, 0.25) is 23.6 Å². The van der Waals surface area contributed by atoms with Crippen molar-refractivity contribution in [1.29, 1.82) is 0 Å². The number of hydrogen-bond acceptors (Lipinski definition) is 6. The van der Waals surface area contributed by atoms with Crippen molar-refractivity contribution in [2.75, 3.05) is 0 Å². The Morgan fingerprint density at radius 2 is 1.30 bits per heavy atom. The lowest BCUT2D eigenvalue weighted by Crippen LogP contribution is -2.59. The first-order valence-corrected chi connectivity index (χ1v) is 10.4. The third-order valence-corrected chi connectivity index (χ3v) is 4.43. The average Bonchev–Trinajstić information content (AvgIpc) is 2.58. The summed E-state index contributed by atoms with van der Waals surface area (Å²) < 4.78 is 0. The molecule has 0 aliphatic heterocycles. The predicted octanol–water partition coefficient (Wildman–Crippen LogP) is -0.645. The molecule has 10 heteroatoms. The van der Waals surface area contributed by atoms with E-state index in [1.807, 2.05) is 27.7 Å². The van der Waals surface area contributed by atoms with E-state index in [1.54, 1.807) is 6.92 Å². The van der Waals surface area contributed by atoms with Gasteiger partial charge in [-0.2, -0.15) is 0 Å².